The van der Waals surface area contributed by atoms with Gasteiger partial charge >= 0.3 is 5.97 Å². The van der Waals surface area contributed by atoms with Crippen LogP contribution >= 0.6 is 0 Å². The first-order valence-corrected chi connectivity index (χ1v) is 8.37. The van der Waals surface area contributed by atoms with Crippen LogP contribution in [0.1, 0.15) is 21.7 Å². The van der Waals surface area contributed by atoms with Gasteiger partial charge in [-0.05, 0) is 24.1 Å². The average molecular weight is 388 g/mol. The first-order chi connectivity index (χ1) is 13.6. The van der Waals surface area contributed by atoms with Crippen molar-refractivity contribution in [1.82, 2.24) is 4.98 Å². The Morgan fingerprint density at radius 2 is 1.82 bits per heavy atom. The SMILES string of the molecule is C=CCc1c(C(=O)OC)[nH]c(/C=N/OC)c1-c1ccc(OC)c(OC)c1OC. The molecule has 8 heteroatoms. The lowest BCUT2D eigenvalue weighted by atomic mass is 9.96. The van der Waals surface area contributed by atoms with Crippen molar-refractivity contribution < 1.29 is 28.6 Å². The lowest BCUT2D eigenvalue weighted by Crippen LogP contribution is -2.05. The number of esters is 1. The van der Waals surface area contributed by atoms with E-state index in [9.17, 15) is 4.79 Å². The summed E-state index contributed by atoms with van der Waals surface area (Å²) in [6.07, 6.45) is 3.59. The zero-order valence-corrected chi connectivity index (χ0v) is 16.6. The Balaban J connectivity index is 2.89. The molecule has 8 nitrogen and oxygen atoms in total. The maximum Gasteiger partial charge on any atom is 0.354 e. The number of nitrogens with one attached hydrogen (secondary N) is 1. The molecule has 0 atom stereocenters. The molecule has 0 saturated heterocycles. The number of carbonyl (C=O) groups is 1. The highest BCUT2D eigenvalue weighted by Gasteiger charge is 2.26. The van der Waals surface area contributed by atoms with Gasteiger partial charge in [0.15, 0.2) is 11.5 Å². The minimum atomic E-state index is -0.505. The van der Waals surface area contributed by atoms with Crippen molar-refractivity contribution in [1.29, 1.82) is 0 Å². The fraction of sp³-hybridized carbons (Fsp3) is 0.300. The van der Waals surface area contributed by atoms with E-state index >= 15 is 0 Å². The van der Waals surface area contributed by atoms with Gasteiger partial charge in [-0.2, -0.15) is 0 Å². The summed E-state index contributed by atoms with van der Waals surface area (Å²) in [5.41, 5.74) is 2.90. The number of benzene rings is 1. The summed E-state index contributed by atoms with van der Waals surface area (Å²) in [5.74, 6) is 0.899. The highest BCUT2D eigenvalue weighted by Crippen LogP contribution is 2.46. The number of hydrogen-bond donors (Lipinski definition) is 1. The van der Waals surface area contributed by atoms with Crippen molar-refractivity contribution >= 4 is 12.2 Å². The van der Waals surface area contributed by atoms with Crippen LogP contribution in [0.3, 0.4) is 0 Å². The molecule has 2 rings (SSSR count). The van der Waals surface area contributed by atoms with Gasteiger partial charge in [0.05, 0.1) is 40.3 Å². The number of aromatic amines is 1. The van der Waals surface area contributed by atoms with Crippen molar-refractivity contribution in [2.45, 2.75) is 6.42 Å². The third kappa shape index (κ3) is 3.80. The van der Waals surface area contributed by atoms with Crippen LogP contribution in [0.5, 0.6) is 17.2 Å². The molecule has 0 aliphatic carbocycles. The Labute approximate surface area is 163 Å². The topological polar surface area (TPSA) is 91.4 Å². The first-order valence-electron chi connectivity index (χ1n) is 8.37. The molecule has 0 saturated carbocycles. The van der Waals surface area contributed by atoms with Gasteiger partial charge in [-0.15, -0.1) is 6.58 Å². The van der Waals surface area contributed by atoms with Gasteiger partial charge in [-0.25, -0.2) is 4.79 Å². The van der Waals surface area contributed by atoms with Crippen LogP contribution in [0.4, 0.5) is 0 Å². The molecule has 150 valence electrons. The zero-order chi connectivity index (χ0) is 20.7. The number of hydrogen-bond acceptors (Lipinski definition) is 7. The van der Waals surface area contributed by atoms with Crippen LogP contribution in [0.25, 0.3) is 11.1 Å². The molecule has 2 aromatic rings. The first kappa shape index (κ1) is 20.9. The standard InChI is InChI=1S/C20H24N2O6/c1-7-8-12-16(14(11-21-28-6)22-17(12)20(23)27-5)13-9-10-15(24-2)19(26-4)18(13)25-3/h7,9-11,22H,1,8H2,2-6H3/b21-11+. The number of ether oxygens (including phenoxy) is 4. The summed E-state index contributed by atoms with van der Waals surface area (Å²) in [6, 6.07) is 3.58. The fourth-order valence-corrected chi connectivity index (χ4v) is 2.99. The number of aromatic nitrogens is 1. The second-order valence-electron chi connectivity index (χ2n) is 5.55. The lowest BCUT2D eigenvalue weighted by Gasteiger charge is -2.16. The third-order valence-corrected chi connectivity index (χ3v) is 4.13. The zero-order valence-electron chi connectivity index (χ0n) is 16.6. The van der Waals surface area contributed by atoms with Crippen molar-refractivity contribution in [2.24, 2.45) is 5.16 Å². The molecule has 0 unspecified atom stereocenters. The smallest absolute Gasteiger partial charge is 0.354 e. The van der Waals surface area contributed by atoms with Crippen molar-refractivity contribution in [2.75, 3.05) is 35.5 Å². The highest BCUT2D eigenvalue weighted by molar-refractivity contribution is 6.00. The number of nitrogens with zero attached hydrogens (tertiary/aromatic N) is 1. The second-order valence-corrected chi connectivity index (χ2v) is 5.55. The van der Waals surface area contributed by atoms with Crippen LogP contribution < -0.4 is 14.2 Å². The van der Waals surface area contributed by atoms with Crippen LogP contribution in [-0.2, 0) is 16.0 Å². The molecule has 1 heterocycles. The Morgan fingerprint density at radius 1 is 1.11 bits per heavy atom. The predicted molar refractivity (Wildman–Crippen MR) is 106 cm³/mol. The van der Waals surface area contributed by atoms with Crippen LogP contribution in [0.2, 0.25) is 0 Å². The number of rotatable bonds is 9. The Hall–Kier alpha value is -3.42. The van der Waals surface area contributed by atoms with Crippen molar-refractivity contribution in [3.63, 3.8) is 0 Å². The highest BCUT2D eigenvalue weighted by atomic mass is 16.6. The van der Waals surface area contributed by atoms with Crippen molar-refractivity contribution in [3.05, 3.63) is 41.7 Å². The van der Waals surface area contributed by atoms with E-state index < -0.39 is 5.97 Å². The fourth-order valence-electron chi connectivity index (χ4n) is 2.99. The Morgan fingerprint density at radius 3 is 2.36 bits per heavy atom. The summed E-state index contributed by atoms with van der Waals surface area (Å²) in [7, 11) is 7.36. The van der Waals surface area contributed by atoms with Gasteiger partial charge in [0.1, 0.15) is 12.8 Å². The Kier molecular flexibility index (Phi) is 7.08. The molecular weight excluding hydrogens is 364 g/mol. The molecule has 0 amide bonds. The molecular formula is C20H24N2O6. The van der Waals surface area contributed by atoms with Crippen LogP contribution in [0.15, 0.2) is 29.9 Å². The molecule has 0 radical (unpaired) electrons. The summed E-state index contributed by atoms with van der Waals surface area (Å²) < 4.78 is 21.4. The van der Waals surface area contributed by atoms with E-state index in [4.69, 9.17) is 23.8 Å². The predicted octanol–water partition coefficient (Wildman–Crippen LogP) is 3.20. The van der Waals surface area contributed by atoms with Crippen molar-refractivity contribution in [3.8, 4) is 28.4 Å². The molecule has 28 heavy (non-hydrogen) atoms. The molecule has 1 aromatic carbocycles. The molecule has 0 spiro atoms. The van der Waals surface area contributed by atoms with Gasteiger partial charge in [0.25, 0.3) is 0 Å². The number of H-pyrrole nitrogens is 1. The van der Waals surface area contributed by atoms with E-state index in [1.165, 1.54) is 34.7 Å². The summed E-state index contributed by atoms with van der Waals surface area (Å²) in [4.78, 5) is 20.2. The quantitative estimate of drug-likeness (QED) is 0.307. The Bertz CT molecular complexity index is 885. The second kappa shape index (κ2) is 9.50. The number of methoxy groups -OCH3 is 4. The third-order valence-electron chi connectivity index (χ3n) is 4.13. The van der Waals surface area contributed by atoms with E-state index in [1.807, 2.05) is 6.07 Å². The van der Waals surface area contributed by atoms with Gasteiger partial charge in [-0.1, -0.05) is 11.2 Å². The maximum absolute atomic E-state index is 12.3. The van der Waals surface area contributed by atoms with E-state index in [2.05, 4.69) is 16.7 Å². The number of oxime groups is 1. The van der Waals surface area contributed by atoms with Crippen LogP contribution in [0, 0.1) is 0 Å². The number of allylic oxidation sites excluding steroid dienone is 1. The van der Waals surface area contributed by atoms with Gasteiger partial charge in [-0.3, -0.25) is 0 Å². The average Bonchev–Trinajstić information content (AvgIpc) is 3.08. The molecule has 0 fully saturated rings. The molecule has 1 aromatic heterocycles. The monoisotopic (exact) mass is 388 g/mol. The van der Waals surface area contributed by atoms with E-state index in [-0.39, 0.29) is 0 Å². The summed E-state index contributed by atoms with van der Waals surface area (Å²) in [6.45, 7) is 3.79. The minimum absolute atomic E-state index is 0.298. The lowest BCUT2D eigenvalue weighted by molar-refractivity contribution is 0.0593. The minimum Gasteiger partial charge on any atom is -0.493 e. The number of carbonyl (C=O) groups excluding carboxylic acids is 1. The van der Waals surface area contributed by atoms with Gasteiger partial charge < -0.3 is 28.8 Å². The summed E-state index contributed by atoms with van der Waals surface area (Å²) in [5, 5.41) is 3.83. The largest absolute Gasteiger partial charge is 0.493 e. The van der Waals surface area contributed by atoms with E-state index in [0.29, 0.717) is 51.7 Å². The van der Waals surface area contributed by atoms with E-state index in [0.717, 1.165) is 0 Å². The molecule has 1 N–H and O–H groups in total. The molecule has 0 bridgehead atoms. The van der Waals surface area contributed by atoms with Gasteiger partial charge in [0.2, 0.25) is 5.75 Å². The van der Waals surface area contributed by atoms with E-state index in [1.54, 1.807) is 19.3 Å². The molecule has 0 aliphatic heterocycles. The maximum atomic E-state index is 12.3. The molecule has 0 aliphatic rings. The van der Waals surface area contributed by atoms with Crippen LogP contribution in [-0.4, -0.2) is 52.7 Å². The summed E-state index contributed by atoms with van der Waals surface area (Å²) >= 11 is 0. The van der Waals surface area contributed by atoms with Gasteiger partial charge in [0, 0.05) is 11.1 Å². The normalized spacial score (nSPS) is 10.6.